The van der Waals surface area contributed by atoms with E-state index in [0.717, 1.165) is 35.3 Å². The highest BCUT2D eigenvalue weighted by atomic mass is 16.6. The second-order valence-electron chi connectivity index (χ2n) is 6.50. The van der Waals surface area contributed by atoms with E-state index in [-0.39, 0.29) is 12.0 Å². The van der Waals surface area contributed by atoms with Crippen molar-refractivity contribution in [2.24, 2.45) is 0 Å². The minimum absolute atomic E-state index is 0.133. The number of carbonyl (C=O) groups excluding carboxylic acids is 1. The first kappa shape index (κ1) is 19.8. The Labute approximate surface area is 156 Å². The third-order valence-corrected chi connectivity index (χ3v) is 4.66. The van der Waals surface area contributed by atoms with Crippen LogP contribution >= 0.6 is 0 Å². The number of nitrogens with one attached hydrogen (secondary N) is 1. The Morgan fingerprint density at radius 1 is 0.962 bits per heavy atom. The fourth-order valence-electron chi connectivity index (χ4n) is 2.82. The maximum atomic E-state index is 11.8. The molecule has 140 valence electrons. The SMILES string of the molecule is CCC(C)Oc1ccccc1-c1cccc(OC(=O)NC)c1C(C)CC. The number of benzene rings is 2. The Balaban J connectivity index is 2.59. The summed E-state index contributed by atoms with van der Waals surface area (Å²) in [5.41, 5.74) is 3.09. The number of hydrogen-bond acceptors (Lipinski definition) is 3. The van der Waals surface area contributed by atoms with Crippen LogP contribution in [0.15, 0.2) is 42.5 Å². The molecule has 2 atom stereocenters. The van der Waals surface area contributed by atoms with Crippen molar-refractivity contribution in [1.82, 2.24) is 5.32 Å². The molecule has 1 N–H and O–H groups in total. The van der Waals surface area contributed by atoms with Crippen LogP contribution < -0.4 is 14.8 Å². The molecular weight excluding hydrogens is 326 g/mol. The van der Waals surface area contributed by atoms with Crippen molar-refractivity contribution in [3.05, 3.63) is 48.0 Å². The maximum Gasteiger partial charge on any atom is 0.412 e. The van der Waals surface area contributed by atoms with E-state index in [1.165, 1.54) is 0 Å². The van der Waals surface area contributed by atoms with Crippen LogP contribution in [0.2, 0.25) is 0 Å². The first-order valence-electron chi connectivity index (χ1n) is 9.30. The van der Waals surface area contributed by atoms with E-state index in [1.807, 2.05) is 30.3 Å². The van der Waals surface area contributed by atoms with Gasteiger partial charge in [-0.3, -0.25) is 0 Å². The molecule has 1 amide bonds. The van der Waals surface area contributed by atoms with Gasteiger partial charge in [-0.2, -0.15) is 0 Å². The lowest BCUT2D eigenvalue weighted by Gasteiger charge is -2.22. The van der Waals surface area contributed by atoms with Gasteiger partial charge in [0, 0.05) is 18.2 Å². The van der Waals surface area contributed by atoms with Crippen molar-refractivity contribution in [1.29, 1.82) is 0 Å². The Hall–Kier alpha value is -2.49. The minimum atomic E-state index is -0.462. The molecule has 0 aromatic heterocycles. The van der Waals surface area contributed by atoms with Crippen molar-refractivity contribution >= 4 is 6.09 Å². The summed E-state index contributed by atoms with van der Waals surface area (Å²) in [6.07, 6.45) is 1.55. The van der Waals surface area contributed by atoms with Crippen molar-refractivity contribution in [2.75, 3.05) is 7.05 Å². The molecular formula is C22H29NO3. The van der Waals surface area contributed by atoms with E-state index in [0.29, 0.717) is 5.75 Å². The highest BCUT2D eigenvalue weighted by molar-refractivity contribution is 5.78. The third kappa shape index (κ3) is 4.57. The molecule has 2 aromatic carbocycles. The van der Waals surface area contributed by atoms with Crippen LogP contribution in [-0.2, 0) is 0 Å². The van der Waals surface area contributed by atoms with Gasteiger partial charge >= 0.3 is 6.09 Å². The molecule has 0 aliphatic heterocycles. The zero-order valence-corrected chi connectivity index (χ0v) is 16.3. The summed E-state index contributed by atoms with van der Waals surface area (Å²) in [4.78, 5) is 11.8. The average Bonchev–Trinajstić information content (AvgIpc) is 2.67. The predicted molar refractivity (Wildman–Crippen MR) is 106 cm³/mol. The lowest BCUT2D eigenvalue weighted by molar-refractivity contribution is 0.202. The number of ether oxygens (including phenoxy) is 2. The van der Waals surface area contributed by atoms with Crippen LogP contribution in [0.4, 0.5) is 4.79 Å². The van der Waals surface area contributed by atoms with E-state index >= 15 is 0 Å². The highest BCUT2D eigenvalue weighted by Crippen LogP contribution is 2.41. The van der Waals surface area contributed by atoms with Crippen molar-refractivity contribution in [3.8, 4) is 22.6 Å². The summed E-state index contributed by atoms with van der Waals surface area (Å²) in [7, 11) is 1.56. The quantitative estimate of drug-likeness (QED) is 0.686. The second kappa shape index (κ2) is 9.27. The van der Waals surface area contributed by atoms with Crippen molar-refractivity contribution < 1.29 is 14.3 Å². The van der Waals surface area contributed by atoms with Crippen LogP contribution in [-0.4, -0.2) is 19.2 Å². The van der Waals surface area contributed by atoms with Gasteiger partial charge in [-0.1, -0.05) is 51.1 Å². The Kier molecular flexibility index (Phi) is 7.07. The second-order valence-corrected chi connectivity index (χ2v) is 6.50. The molecule has 0 bridgehead atoms. The zero-order chi connectivity index (χ0) is 19.1. The molecule has 2 unspecified atom stereocenters. The molecule has 0 saturated heterocycles. The first-order valence-corrected chi connectivity index (χ1v) is 9.30. The van der Waals surface area contributed by atoms with Crippen LogP contribution in [0.1, 0.15) is 52.0 Å². The van der Waals surface area contributed by atoms with E-state index in [2.05, 4.69) is 45.1 Å². The number of hydrogen-bond donors (Lipinski definition) is 1. The molecule has 0 radical (unpaired) electrons. The molecule has 0 saturated carbocycles. The number of rotatable bonds is 7. The third-order valence-electron chi connectivity index (χ3n) is 4.66. The molecule has 0 fully saturated rings. The summed E-state index contributed by atoms with van der Waals surface area (Å²) in [6, 6.07) is 13.9. The van der Waals surface area contributed by atoms with Crippen LogP contribution in [0.25, 0.3) is 11.1 Å². The monoisotopic (exact) mass is 355 g/mol. The van der Waals surface area contributed by atoms with E-state index in [9.17, 15) is 4.79 Å². The van der Waals surface area contributed by atoms with E-state index in [4.69, 9.17) is 9.47 Å². The number of carbonyl (C=O) groups is 1. The molecule has 0 spiro atoms. The van der Waals surface area contributed by atoms with Crippen LogP contribution in [0.5, 0.6) is 11.5 Å². The van der Waals surface area contributed by atoms with Crippen LogP contribution in [0.3, 0.4) is 0 Å². The molecule has 4 nitrogen and oxygen atoms in total. The molecule has 2 aromatic rings. The summed E-state index contributed by atoms with van der Waals surface area (Å²) in [5.74, 6) is 1.68. The van der Waals surface area contributed by atoms with Gasteiger partial charge in [-0.05, 0) is 43.4 Å². The largest absolute Gasteiger partial charge is 0.490 e. The van der Waals surface area contributed by atoms with Gasteiger partial charge in [0.1, 0.15) is 11.5 Å². The standard InChI is InChI=1S/C22H29NO3/c1-6-15(3)21-18(12-10-14-20(21)26-22(24)23-5)17-11-8-9-13-19(17)25-16(4)7-2/h8-16H,6-7H2,1-5H3,(H,23,24). The van der Waals surface area contributed by atoms with Gasteiger partial charge in [0.05, 0.1) is 6.10 Å². The van der Waals surface area contributed by atoms with E-state index < -0.39 is 6.09 Å². The summed E-state index contributed by atoms with van der Waals surface area (Å²) < 4.78 is 11.7. The van der Waals surface area contributed by atoms with Crippen molar-refractivity contribution in [2.45, 2.75) is 52.6 Å². The molecule has 26 heavy (non-hydrogen) atoms. The predicted octanol–water partition coefficient (Wildman–Crippen LogP) is 5.76. The first-order chi connectivity index (χ1) is 12.5. The fraction of sp³-hybridized carbons (Fsp3) is 0.409. The van der Waals surface area contributed by atoms with Gasteiger partial charge in [0.25, 0.3) is 0 Å². The van der Waals surface area contributed by atoms with Gasteiger partial charge in [0.2, 0.25) is 0 Å². The molecule has 2 rings (SSSR count). The molecule has 4 heteroatoms. The van der Waals surface area contributed by atoms with Crippen LogP contribution in [0, 0.1) is 0 Å². The molecule has 0 heterocycles. The minimum Gasteiger partial charge on any atom is -0.490 e. The Morgan fingerprint density at radius 3 is 2.27 bits per heavy atom. The van der Waals surface area contributed by atoms with E-state index in [1.54, 1.807) is 7.05 Å². The Morgan fingerprint density at radius 2 is 1.62 bits per heavy atom. The highest BCUT2D eigenvalue weighted by Gasteiger charge is 2.20. The van der Waals surface area contributed by atoms with Gasteiger partial charge in [-0.25, -0.2) is 4.79 Å². The average molecular weight is 355 g/mol. The van der Waals surface area contributed by atoms with Gasteiger partial charge in [0.15, 0.2) is 0 Å². The van der Waals surface area contributed by atoms with Gasteiger partial charge < -0.3 is 14.8 Å². The maximum absolute atomic E-state index is 11.8. The topological polar surface area (TPSA) is 47.6 Å². The summed E-state index contributed by atoms with van der Waals surface area (Å²) >= 11 is 0. The zero-order valence-electron chi connectivity index (χ0n) is 16.3. The number of amides is 1. The van der Waals surface area contributed by atoms with Crippen molar-refractivity contribution in [3.63, 3.8) is 0 Å². The smallest absolute Gasteiger partial charge is 0.412 e. The number of para-hydroxylation sites is 1. The Bertz CT molecular complexity index is 742. The molecule has 0 aliphatic rings. The summed E-state index contributed by atoms with van der Waals surface area (Å²) in [5, 5.41) is 2.52. The summed E-state index contributed by atoms with van der Waals surface area (Å²) in [6.45, 7) is 8.45. The van der Waals surface area contributed by atoms with Gasteiger partial charge in [-0.15, -0.1) is 0 Å². The fourth-order valence-corrected chi connectivity index (χ4v) is 2.82. The lowest BCUT2D eigenvalue weighted by Crippen LogP contribution is -2.23. The lowest BCUT2D eigenvalue weighted by atomic mass is 9.89. The normalized spacial score (nSPS) is 13.0. The molecule has 0 aliphatic carbocycles.